The summed E-state index contributed by atoms with van der Waals surface area (Å²) >= 11 is 0.893. The fourth-order valence-electron chi connectivity index (χ4n) is 3.10. The van der Waals surface area contributed by atoms with Gasteiger partial charge in [-0.3, -0.25) is 24.3 Å². The molecule has 2 fully saturated rings. The third kappa shape index (κ3) is 3.55. The van der Waals surface area contributed by atoms with Crippen LogP contribution >= 0.6 is 11.8 Å². The number of aromatic nitrogens is 2. The largest absolute Gasteiger partial charge is 0.325 e. The van der Waals surface area contributed by atoms with Gasteiger partial charge in [0.2, 0.25) is 15.9 Å². The van der Waals surface area contributed by atoms with E-state index >= 15 is 0 Å². The maximum Gasteiger partial charge on any atom is 0.325 e. The lowest BCUT2D eigenvalue weighted by Crippen LogP contribution is -2.55. The first-order valence-electron chi connectivity index (χ1n) is 7.63. The van der Waals surface area contributed by atoms with Crippen LogP contribution in [0.15, 0.2) is 20.7 Å². The van der Waals surface area contributed by atoms with Gasteiger partial charge in [-0.25, -0.2) is 17.9 Å². The van der Waals surface area contributed by atoms with Crippen molar-refractivity contribution in [3.63, 3.8) is 0 Å². The molecule has 0 spiro atoms. The van der Waals surface area contributed by atoms with Crippen molar-refractivity contribution >= 4 is 32.9 Å². The van der Waals surface area contributed by atoms with E-state index in [1.54, 1.807) is 0 Å². The van der Waals surface area contributed by atoms with Gasteiger partial charge < -0.3 is 4.98 Å². The van der Waals surface area contributed by atoms with E-state index in [0.717, 1.165) is 35.7 Å². The summed E-state index contributed by atoms with van der Waals surface area (Å²) in [5.41, 5.74) is -1.85. The van der Waals surface area contributed by atoms with Crippen LogP contribution in [-0.2, 0) is 14.8 Å². The van der Waals surface area contributed by atoms with Crippen molar-refractivity contribution in [2.24, 2.45) is 0 Å². The van der Waals surface area contributed by atoms with Crippen LogP contribution in [-0.4, -0.2) is 52.3 Å². The van der Waals surface area contributed by atoms with Gasteiger partial charge in [0, 0.05) is 12.2 Å². The van der Waals surface area contributed by atoms with Gasteiger partial charge in [-0.15, -0.1) is 0 Å². The molecule has 2 aliphatic rings. The number of H-pyrrole nitrogens is 2. The number of thioether (sulfide) groups is 1. The fourth-order valence-corrected chi connectivity index (χ4v) is 5.17. The second-order valence-corrected chi connectivity index (χ2v) is 8.44. The number of sulfonamides is 1. The topological polar surface area (TPSA) is 149 Å². The lowest BCUT2D eigenvalue weighted by Gasteiger charge is -2.36. The van der Waals surface area contributed by atoms with Gasteiger partial charge in [-0.05, 0) is 12.8 Å². The zero-order chi connectivity index (χ0) is 18.2. The minimum absolute atomic E-state index is 0.0500. The number of hydrogen-bond donors (Lipinski definition) is 3. The number of nitrogens with zero attached hydrogens (tertiary/aromatic N) is 1. The summed E-state index contributed by atoms with van der Waals surface area (Å²) < 4.78 is 27.4. The molecule has 2 amide bonds. The van der Waals surface area contributed by atoms with Crippen molar-refractivity contribution in [2.45, 2.75) is 42.7 Å². The molecule has 1 aliphatic heterocycles. The smallest absolute Gasteiger partial charge is 0.313 e. The number of carbonyl (C=O) groups excluding carboxylic acids is 2. The monoisotopic (exact) mass is 388 g/mol. The number of amides is 2. The minimum atomic E-state index is -4.22. The lowest BCUT2D eigenvalue weighted by molar-refractivity contribution is -0.127. The number of hydrogen-bond acceptors (Lipinski definition) is 7. The SMILES string of the molecule is O=C1CSC(=O)N1[C@@H]1CCCC[C@@H]1NS(=O)(=O)c1c[nH]c(=O)[nH]c1=O. The zero-order valence-electron chi connectivity index (χ0n) is 13.0. The average Bonchev–Trinajstić information content (AvgIpc) is 2.86. The predicted molar refractivity (Wildman–Crippen MR) is 88.7 cm³/mol. The van der Waals surface area contributed by atoms with Crippen LogP contribution in [0.25, 0.3) is 0 Å². The maximum absolute atomic E-state index is 12.5. The average molecular weight is 388 g/mol. The van der Waals surface area contributed by atoms with E-state index in [9.17, 15) is 27.6 Å². The second-order valence-electron chi connectivity index (χ2n) is 5.83. The van der Waals surface area contributed by atoms with Crippen LogP contribution < -0.4 is 16.0 Å². The minimum Gasteiger partial charge on any atom is -0.313 e. The molecule has 1 saturated carbocycles. The number of carbonyl (C=O) groups is 2. The molecule has 12 heteroatoms. The van der Waals surface area contributed by atoms with Gasteiger partial charge in [0.15, 0.2) is 4.90 Å². The highest BCUT2D eigenvalue weighted by Crippen LogP contribution is 2.30. The molecule has 3 rings (SSSR count). The Morgan fingerprint density at radius 2 is 1.88 bits per heavy atom. The Labute approximate surface area is 146 Å². The third-order valence-corrected chi connectivity index (χ3v) is 6.56. The van der Waals surface area contributed by atoms with Gasteiger partial charge in [-0.2, -0.15) is 0 Å². The summed E-state index contributed by atoms with van der Waals surface area (Å²) in [6.07, 6.45) is 3.25. The van der Waals surface area contributed by atoms with Crippen molar-refractivity contribution in [1.82, 2.24) is 19.6 Å². The number of imide groups is 1. The maximum atomic E-state index is 12.5. The summed E-state index contributed by atoms with van der Waals surface area (Å²) in [6, 6.07) is -1.27. The summed E-state index contributed by atoms with van der Waals surface area (Å²) in [5, 5.41) is -0.386. The van der Waals surface area contributed by atoms with Gasteiger partial charge in [0.1, 0.15) is 0 Å². The van der Waals surface area contributed by atoms with Crippen molar-refractivity contribution < 1.29 is 18.0 Å². The molecule has 3 N–H and O–H groups in total. The molecular weight excluding hydrogens is 372 g/mol. The summed E-state index contributed by atoms with van der Waals surface area (Å²) in [5.74, 6) is -0.290. The van der Waals surface area contributed by atoms with E-state index in [2.05, 4.69) is 9.71 Å². The van der Waals surface area contributed by atoms with Crippen LogP contribution in [0.3, 0.4) is 0 Å². The fraction of sp³-hybridized carbons (Fsp3) is 0.538. The van der Waals surface area contributed by atoms with Crippen LogP contribution in [0.2, 0.25) is 0 Å². The van der Waals surface area contributed by atoms with Crippen molar-refractivity contribution in [3.05, 3.63) is 27.0 Å². The first-order valence-corrected chi connectivity index (χ1v) is 10.1. The van der Waals surface area contributed by atoms with E-state index in [-0.39, 0.29) is 16.9 Å². The van der Waals surface area contributed by atoms with Gasteiger partial charge >= 0.3 is 5.69 Å². The highest BCUT2D eigenvalue weighted by Gasteiger charge is 2.42. The van der Waals surface area contributed by atoms with Gasteiger partial charge in [-0.1, -0.05) is 24.6 Å². The number of rotatable bonds is 4. The Kier molecular flexibility index (Phi) is 4.84. The van der Waals surface area contributed by atoms with Gasteiger partial charge in [0.25, 0.3) is 10.8 Å². The Morgan fingerprint density at radius 3 is 2.52 bits per heavy atom. The van der Waals surface area contributed by atoms with E-state index < -0.39 is 38.3 Å². The Hall–Kier alpha value is -1.92. The quantitative estimate of drug-likeness (QED) is 0.620. The molecule has 2 atom stereocenters. The molecule has 0 unspecified atom stereocenters. The van der Waals surface area contributed by atoms with E-state index in [0.29, 0.717) is 12.8 Å². The van der Waals surface area contributed by atoms with E-state index in [1.807, 2.05) is 4.98 Å². The van der Waals surface area contributed by atoms with Crippen LogP contribution in [0, 0.1) is 0 Å². The van der Waals surface area contributed by atoms with Crippen molar-refractivity contribution in [2.75, 3.05) is 5.75 Å². The Balaban J connectivity index is 1.88. The van der Waals surface area contributed by atoms with Gasteiger partial charge in [0.05, 0.1) is 11.8 Å². The molecule has 0 radical (unpaired) electrons. The highest BCUT2D eigenvalue weighted by atomic mass is 32.2. The Bertz CT molecular complexity index is 905. The molecule has 1 aromatic heterocycles. The molecule has 25 heavy (non-hydrogen) atoms. The lowest BCUT2D eigenvalue weighted by atomic mass is 9.90. The van der Waals surface area contributed by atoms with Crippen molar-refractivity contribution in [3.8, 4) is 0 Å². The van der Waals surface area contributed by atoms with Crippen LogP contribution in [0.5, 0.6) is 0 Å². The molecule has 2 heterocycles. The second kappa shape index (κ2) is 6.77. The molecule has 0 bridgehead atoms. The third-order valence-electron chi connectivity index (χ3n) is 4.23. The first-order chi connectivity index (χ1) is 11.8. The first kappa shape index (κ1) is 17.9. The molecule has 1 aliphatic carbocycles. The number of nitrogens with one attached hydrogen (secondary N) is 3. The molecule has 10 nitrogen and oxygen atoms in total. The zero-order valence-corrected chi connectivity index (χ0v) is 14.6. The number of aromatic amines is 2. The highest BCUT2D eigenvalue weighted by molar-refractivity contribution is 8.14. The molecule has 1 aromatic rings. The molecule has 1 saturated heterocycles. The Morgan fingerprint density at radius 1 is 1.16 bits per heavy atom. The van der Waals surface area contributed by atoms with Crippen molar-refractivity contribution in [1.29, 1.82) is 0 Å². The standard InChI is InChI=1S/C13H16N4O6S2/c18-10-6-24-13(21)17(10)8-4-2-1-3-7(8)16-25(22,23)9-5-14-12(20)15-11(9)19/h5,7-8,16H,1-4,6H2,(H2,14,15,19,20)/t7-,8+/m0/s1. The van der Waals surface area contributed by atoms with Crippen LogP contribution in [0.4, 0.5) is 4.79 Å². The molecule has 0 aromatic carbocycles. The normalized spacial score (nSPS) is 24.7. The summed E-state index contributed by atoms with van der Waals surface area (Å²) in [4.78, 5) is 51.2. The summed E-state index contributed by atoms with van der Waals surface area (Å²) in [7, 11) is -4.22. The molecular formula is C13H16N4O6S2. The van der Waals surface area contributed by atoms with E-state index in [4.69, 9.17) is 0 Å². The molecule has 136 valence electrons. The van der Waals surface area contributed by atoms with E-state index in [1.165, 1.54) is 0 Å². The predicted octanol–water partition coefficient (Wildman–Crippen LogP) is -0.652. The summed E-state index contributed by atoms with van der Waals surface area (Å²) in [6.45, 7) is 0. The van der Waals surface area contributed by atoms with Crippen LogP contribution in [0.1, 0.15) is 25.7 Å².